The van der Waals surface area contributed by atoms with Gasteiger partial charge in [0.2, 0.25) is 0 Å². The largest absolute Gasteiger partial charge is 0.495 e. The molecule has 0 unspecified atom stereocenters. The number of aliphatic hydroxyl groups is 1. The molecular formula is C25H32O7. The third kappa shape index (κ3) is 2.69. The summed E-state index contributed by atoms with van der Waals surface area (Å²) >= 11 is 0. The lowest BCUT2D eigenvalue weighted by Crippen LogP contribution is -2.66. The maximum Gasteiger partial charge on any atom is 0.342 e. The van der Waals surface area contributed by atoms with Gasteiger partial charge in [-0.3, -0.25) is 4.79 Å². The van der Waals surface area contributed by atoms with Crippen molar-refractivity contribution in [3.63, 3.8) is 0 Å². The molecule has 4 aliphatic rings. The highest BCUT2D eigenvalue weighted by atomic mass is 16.6. The SMILES string of the molecule is COc1c2c(c(C)c3c1C(=O)OC3)O[C@]1(C)C[C@H](O)[C@H]3C(C)(C)OC(=O)CC[C@]3(C)[C@@H]1C2. The quantitative estimate of drug-likeness (QED) is 0.663. The van der Waals surface area contributed by atoms with E-state index in [1.807, 2.05) is 20.8 Å². The molecule has 0 spiro atoms. The Bertz CT molecular complexity index is 1030. The lowest BCUT2D eigenvalue weighted by molar-refractivity contribution is -0.211. The fourth-order valence-corrected chi connectivity index (χ4v) is 7.49. The molecule has 0 aromatic heterocycles. The third-order valence-corrected chi connectivity index (χ3v) is 8.61. The minimum Gasteiger partial charge on any atom is -0.495 e. The smallest absolute Gasteiger partial charge is 0.342 e. The molecule has 0 amide bonds. The summed E-state index contributed by atoms with van der Waals surface area (Å²) in [6, 6.07) is 0. The van der Waals surface area contributed by atoms with Gasteiger partial charge in [0, 0.05) is 35.8 Å². The van der Waals surface area contributed by atoms with Crippen molar-refractivity contribution in [2.75, 3.05) is 7.11 Å². The van der Waals surface area contributed by atoms with E-state index in [0.29, 0.717) is 37.0 Å². The fraction of sp³-hybridized carbons (Fsp3) is 0.680. The van der Waals surface area contributed by atoms with Crippen molar-refractivity contribution in [1.82, 2.24) is 0 Å². The van der Waals surface area contributed by atoms with E-state index in [0.717, 1.165) is 22.4 Å². The maximum atomic E-state index is 12.5. The van der Waals surface area contributed by atoms with E-state index in [1.165, 1.54) is 0 Å². The number of carbonyl (C=O) groups excluding carboxylic acids is 2. The van der Waals surface area contributed by atoms with Gasteiger partial charge in [-0.05, 0) is 51.5 Å². The van der Waals surface area contributed by atoms with E-state index in [9.17, 15) is 14.7 Å². The Morgan fingerprint density at radius 3 is 2.50 bits per heavy atom. The number of cyclic esters (lactones) is 2. The van der Waals surface area contributed by atoms with Crippen LogP contribution in [0.3, 0.4) is 0 Å². The van der Waals surface area contributed by atoms with E-state index in [4.69, 9.17) is 18.9 Å². The van der Waals surface area contributed by atoms with Crippen molar-refractivity contribution < 1.29 is 33.6 Å². The van der Waals surface area contributed by atoms with Crippen LogP contribution in [0.4, 0.5) is 0 Å². The highest BCUT2D eigenvalue weighted by Gasteiger charge is 2.65. The molecule has 7 nitrogen and oxygen atoms in total. The van der Waals surface area contributed by atoms with Gasteiger partial charge in [0.05, 0.1) is 13.2 Å². The Labute approximate surface area is 188 Å². The van der Waals surface area contributed by atoms with Gasteiger partial charge < -0.3 is 24.1 Å². The highest BCUT2D eigenvalue weighted by molar-refractivity contribution is 5.98. The van der Waals surface area contributed by atoms with Crippen LogP contribution in [0, 0.1) is 24.2 Å². The van der Waals surface area contributed by atoms with Gasteiger partial charge in [0.1, 0.15) is 34.9 Å². The standard InChI is InChI=1S/C25H32O7/c1-12-14-11-30-22(28)18(14)20(29-6)13-9-16-24(4)8-7-17(27)31-23(2,3)21(24)15(26)10-25(16,5)32-19(12)13/h15-16,21,26H,7-11H2,1-6H3/t15-,16-,21-,24+,25+/m0/s1. The summed E-state index contributed by atoms with van der Waals surface area (Å²) in [5, 5.41) is 11.4. The van der Waals surface area contributed by atoms with E-state index in [2.05, 4.69) is 13.8 Å². The van der Waals surface area contributed by atoms with Crippen LogP contribution in [0.5, 0.6) is 11.5 Å². The predicted octanol–water partition coefficient (Wildman–Crippen LogP) is 3.49. The molecule has 3 aliphatic heterocycles. The lowest BCUT2D eigenvalue weighted by atomic mass is 9.49. The van der Waals surface area contributed by atoms with E-state index in [-0.39, 0.29) is 30.4 Å². The van der Waals surface area contributed by atoms with Gasteiger partial charge in [0.25, 0.3) is 0 Å². The van der Waals surface area contributed by atoms with Crippen molar-refractivity contribution in [1.29, 1.82) is 0 Å². The normalized spacial score (nSPS) is 37.0. The molecule has 1 aromatic rings. The van der Waals surface area contributed by atoms with Crippen molar-refractivity contribution in [2.24, 2.45) is 17.3 Å². The molecule has 1 aromatic carbocycles. The molecule has 1 saturated heterocycles. The van der Waals surface area contributed by atoms with Crippen molar-refractivity contribution in [3.8, 4) is 11.5 Å². The Balaban J connectivity index is 1.70. The van der Waals surface area contributed by atoms with E-state index in [1.54, 1.807) is 7.11 Å². The number of hydrogen-bond donors (Lipinski definition) is 1. The molecule has 1 aliphatic carbocycles. The Hall–Kier alpha value is -2.28. The zero-order chi connectivity index (χ0) is 23.2. The lowest BCUT2D eigenvalue weighted by Gasteiger charge is -2.61. The van der Waals surface area contributed by atoms with Crippen LogP contribution in [0.1, 0.15) is 74.0 Å². The first kappa shape index (κ1) is 21.6. The number of fused-ring (bicyclic) bond motifs is 5. The predicted molar refractivity (Wildman–Crippen MR) is 115 cm³/mol. The van der Waals surface area contributed by atoms with Gasteiger partial charge in [-0.15, -0.1) is 0 Å². The molecule has 7 heteroatoms. The van der Waals surface area contributed by atoms with Crippen LogP contribution < -0.4 is 9.47 Å². The summed E-state index contributed by atoms with van der Waals surface area (Å²) in [6.07, 6.45) is 1.29. The fourth-order valence-electron chi connectivity index (χ4n) is 7.49. The Morgan fingerprint density at radius 2 is 1.81 bits per heavy atom. The van der Waals surface area contributed by atoms with Crippen molar-refractivity contribution in [2.45, 2.75) is 84.2 Å². The van der Waals surface area contributed by atoms with Crippen LogP contribution in [0.25, 0.3) is 0 Å². The molecule has 1 N–H and O–H groups in total. The number of methoxy groups -OCH3 is 1. The number of rotatable bonds is 1. The molecule has 1 saturated carbocycles. The van der Waals surface area contributed by atoms with Crippen LogP contribution in [0.15, 0.2) is 0 Å². The second-order valence-corrected chi connectivity index (χ2v) is 10.9. The summed E-state index contributed by atoms with van der Waals surface area (Å²) in [5.41, 5.74) is 1.22. The summed E-state index contributed by atoms with van der Waals surface area (Å²) in [5.74, 6) is 0.410. The molecule has 0 radical (unpaired) electrons. The molecular weight excluding hydrogens is 412 g/mol. The molecule has 32 heavy (non-hydrogen) atoms. The minimum absolute atomic E-state index is 0.00607. The average Bonchev–Trinajstić information content (AvgIpc) is 3.03. The van der Waals surface area contributed by atoms with Crippen LogP contribution >= 0.6 is 0 Å². The van der Waals surface area contributed by atoms with Gasteiger partial charge in [-0.2, -0.15) is 0 Å². The molecule has 2 fully saturated rings. The van der Waals surface area contributed by atoms with Gasteiger partial charge in [-0.25, -0.2) is 4.79 Å². The van der Waals surface area contributed by atoms with Crippen LogP contribution in [-0.4, -0.2) is 41.5 Å². The van der Waals surface area contributed by atoms with Gasteiger partial charge in [0.15, 0.2) is 0 Å². The zero-order valence-corrected chi connectivity index (χ0v) is 19.7. The monoisotopic (exact) mass is 444 g/mol. The minimum atomic E-state index is -0.800. The van der Waals surface area contributed by atoms with Crippen molar-refractivity contribution >= 4 is 11.9 Å². The van der Waals surface area contributed by atoms with Gasteiger partial charge in [-0.1, -0.05) is 6.92 Å². The summed E-state index contributed by atoms with van der Waals surface area (Å²) in [4.78, 5) is 24.9. The Kier molecular flexibility index (Phi) is 4.46. The number of carbonyl (C=O) groups is 2. The van der Waals surface area contributed by atoms with Crippen molar-refractivity contribution in [3.05, 3.63) is 22.3 Å². The molecule has 5 rings (SSSR count). The summed E-state index contributed by atoms with van der Waals surface area (Å²) in [6.45, 7) is 10.2. The first-order valence-corrected chi connectivity index (χ1v) is 11.4. The average molecular weight is 445 g/mol. The zero-order valence-electron chi connectivity index (χ0n) is 19.7. The number of hydrogen-bond acceptors (Lipinski definition) is 7. The first-order chi connectivity index (χ1) is 14.9. The van der Waals surface area contributed by atoms with Crippen LogP contribution in [-0.2, 0) is 27.3 Å². The highest BCUT2D eigenvalue weighted by Crippen LogP contribution is 2.62. The summed E-state index contributed by atoms with van der Waals surface area (Å²) in [7, 11) is 1.57. The van der Waals surface area contributed by atoms with Crippen LogP contribution in [0.2, 0.25) is 0 Å². The molecule has 0 bridgehead atoms. The third-order valence-electron chi connectivity index (χ3n) is 8.61. The van der Waals surface area contributed by atoms with E-state index >= 15 is 0 Å². The number of aliphatic hydroxyl groups excluding tert-OH is 1. The van der Waals surface area contributed by atoms with E-state index < -0.39 is 22.7 Å². The number of esters is 2. The number of ether oxygens (including phenoxy) is 4. The second-order valence-electron chi connectivity index (χ2n) is 10.9. The molecule has 3 heterocycles. The molecule has 5 atom stereocenters. The topological polar surface area (TPSA) is 91.3 Å². The maximum absolute atomic E-state index is 12.5. The summed E-state index contributed by atoms with van der Waals surface area (Å²) < 4.78 is 23.6. The Morgan fingerprint density at radius 1 is 1.09 bits per heavy atom. The molecule has 174 valence electrons. The second kappa shape index (κ2) is 6.62. The number of benzene rings is 1. The van der Waals surface area contributed by atoms with Gasteiger partial charge >= 0.3 is 11.9 Å². The first-order valence-electron chi connectivity index (χ1n) is 11.4.